The van der Waals surface area contributed by atoms with E-state index in [2.05, 4.69) is 53.8 Å². The van der Waals surface area contributed by atoms with E-state index < -0.39 is 35.2 Å². The fourth-order valence-electron chi connectivity index (χ4n) is 8.69. The Morgan fingerprint density at radius 1 is 0.606 bits per heavy atom. The molecule has 3 amide bonds. The van der Waals surface area contributed by atoms with Gasteiger partial charge in [-0.3, -0.25) is 14.4 Å². The van der Waals surface area contributed by atoms with Gasteiger partial charge >= 0.3 is 12.1 Å². The lowest BCUT2D eigenvalue weighted by Gasteiger charge is -2.29. The monoisotopic (exact) mass is 923 g/mol. The van der Waals surface area contributed by atoms with Crippen molar-refractivity contribution in [3.8, 4) is 32.0 Å². The molecule has 2 fully saturated rings. The van der Waals surface area contributed by atoms with Gasteiger partial charge in [0.2, 0.25) is 5.91 Å². The van der Waals surface area contributed by atoms with Crippen molar-refractivity contribution in [3.63, 3.8) is 0 Å². The Kier molecular flexibility index (Phi) is 13.9. The van der Waals surface area contributed by atoms with Gasteiger partial charge < -0.3 is 24.6 Å². The molecule has 2 aromatic heterocycles. The van der Waals surface area contributed by atoms with E-state index in [1.54, 1.807) is 43.4 Å². The Bertz CT molecular complexity index is 2450. The van der Waals surface area contributed by atoms with Gasteiger partial charge in [0.15, 0.2) is 0 Å². The number of carbonyl (C=O) groups is 4. The van der Waals surface area contributed by atoms with Crippen molar-refractivity contribution in [1.82, 2.24) is 25.1 Å². The average Bonchev–Trinajstić information content (AvgIpc) is 4.14. The van der Waals surface area contributed by atoms with E-state index in [9.17, 15) is 19.2 Å². The van der Waals surface area contributed by atoms with Gasteiger partial charge in [-0.25, -0.2) is 14.8 Å². The minimum atomic E-state index is -0.889. The van der Waals surface area contributed by atoms with Gasteiger partial charge in [0.1, 0.15) is 27.3 Å². The van der Waals surface area contributed by atoms with Crippen molar-refractivity contribution in [2.75, 3.05) is 13.1 Å². The maximum Gasteiger partial charge on any atom is 0.408 e. The van der Waals surface area contributed by atoms with Crippen LogP contribution in [0.5, 0.6) is 0 Å². The van der Waals surface area contributed by atoms with E-state index in [4.69, 9.17) is 19.4 Å². The molecule has 0 aliphatic carbocycles. The Hall–Kier alpha value is -6.18. The van der Waals surface area contributed by atoms with Crippen LogP contribution in [0.1, 0.15) is 119 Å². The van der Waals surface area contributed by atoms with Crippen molar-refractivity contribution >= 4 is 46.6 Å². The van der Waals surface area contributed by atoms with Crippen molar-refractivity contribution in [3.05, 3.63) is 143 Å². The zero-order chi connectivity index (χ0) is 46.6. The molecule has 2 aliphatic rings. The summed E-state index contributed by atoms with van der Waals surface area (Å²) in [5.41, 5.74) is 4.41. The van der Waals surface area contributed by atoms with Gasteiger partial charge in [-0.05, 0) is 101 Å². The van der Waals surface area contributed by atoms with Crippen LogP contribution in [0.2, 0.25) is 0 Å². The highest BCUT2D eigenvalue weighted by atomic mass is 32.1. The first-order chi connectivity index (χ1) is 31.6. The van der Waals surface area contributed by atoms with Crippen LogP contribution in [-0.2, 0) is 23.9 Å². The van der Waals surface area contributed by atoms with Crippen molar-refractivity contribution in [2.45, 2.75) is 109 Å². The molecule has 8 rings (SSSR count). The Labute approximate surface area is 395 Å². The van der Waals surface area contributed by atoms with Crippen LogP contribution in [0.15, 0.2) is 122 Å². The average molecular weight is 924 g/mol. The molecule has 0 spiro atoms. The number of alkyl carbamates (subject to hydrolysis) is 1. The highest BCUT2D eigenvalue weighted by Crippen LogP contribution is 2.41. The molecule has 4 atom stereocenters. The molecular weight excluding hydrogens is 867 g/mol. The molecule has 0 saturated carbocycles. The highest BCUT2D eigenvalue weighted by molar-refractivity contribution is 7.15. The number of aromatic nitrogens is 2. The number of benzene rings is 4. The lowest BCUT2D eigenvalue weighted by molar-refractivity contribution is -0.157. The van der Waals surface area contributed by atoms with Crippen molar-refractivity contribution in [2.24, 2.45) is 0 Å². The second kappa shape index (κ2) is 19.7. The fraction of sp³-hybridized carbons (Fsp3) is 0.358. The van der Waals surface area contributed by atoms with Crippen LogP contribution < -0.4 is 5.32 Å². The van der Waals surface area contributed by atoms with Gasteiger partial charge in [0.05, 0.1) is 34.2 Å². The third kappa shape index (κ3) is 11.1. The first-order valence-corrected chi connectivity index (χ1v) is 24.3. The van der Waals surface area contributed by atoms with Crippen LogP contribution in [0, 0.1) is 0 Å². The standard InChI is InChI=1S/C53H57N5O6S2/c1-52(2,3)63-45(59)31-40(36-15-9-7-10-16-36)49(60)57-29-13-19-41(57)47-54-32-43(65-47)37-25-21-34(22-26-37)35-23-27-38(28-24-35)44-33-55-48(66-44)42-20-14-30-58(42)50(61)46(39-17-11-8-12-18-39)56-51(62)64-53(4,5)6/h7-12,15-18,21-28,32-33,40-42,46H,13-14,19-20,29-31H2,1-6H3,(H,56,62)/t40-,41-,42-,46-/m0/s1. The number of amides is 3. The van der Waals surface area contributed by atoms with Crippen LogP contribution >= 0.6 is 22.7 Å². The normalized spacial score (nSPS) is 17.3. The summed E-state index contributed by atoms with van der Waals surface area (Å²) in [4.78, 5) is 69.8. The molecule has 4 aromatic carbocycles. The smallest absolute Gasteiger partial charge is 0.408 e. The lowest BCUT2D eigenvalue weighted by atomic mass is 9.93. The molecular formula is C53H57N5O6S2. The Balaban J connectivity index is 0.922. The summed E-state index contributed by atoms with van der Waals surface area (Å²) in [5, 5.41) is 4.60. The summed E-state index contributed by atoms with van der Waals surface area (Å²) >= 11 is 3.20. The van der Waals surface area contributed by atoms with Gasteiger partial charge in [-0.1, -0.05) is 109 Å². The number of nitrogens with zero attached hydrogens (tertiary/aromatic N) is 4. The number of rotatable bonds is 12. The minimum absolute atomic E-state index is 0.0222. The van der Waals surface area contributed by atoms with Gasteiger partial charge in [-0.2, -0.15) is 0 Å². The molecule has 2 aliphatic heterocycles. The Morgan fingerprint density at radius 2 is 1.05 bits per heavy atom. The summed E-state index contributed by atoms with van der Waals surface area (Å²) in [7, 11) is 0. The van der Waals surface area contributed by atoms with E-state index >= 15 is 0 Å². The predicted octanol–water partition coefficient (Wildman–Crippen LogP) is 11.7. The van der Waals surface area contributed by atoms with Crippen LogP contribution in [0.3, 0.4) is 0 Å². The number of ether oxygens (including phenoxy) is 2. The summed E-state index contributed by atoms with van der Waals surface area (Å²) < 4.78 is 11.2. The number of hydrogen-bond acceptors (Lipinski definition) is 10. The number of likely N-dealkylation sites (tertiary alicyclic amines) is 2. The van der Waals surface area contributed by atoms with E-state index in [1.807, 2.05) is 104 Å². The molecule has 11 nitrogen and oxygen atoms in total. The molecule has 6 aromatic rings. The first-order valence-electron chi connectivity index (χ1n) is 22.6. The number of nitrogens with one attached hydrogen (secondary N) is 1. The third-order valence-electron chi connectivity index (χ3n) is 11.7. The molecule has 2 saturated heterocycles. The quantitative estimate of drug-likeness (QED) is 0.120. The van der Waals surface area contributed by atoms with Gasteiger partial charge in [0.25, 0.3) is 5.91 Å². The molecule has 0 radical (unpaired) electrons. The largest absolute Gasteiger partial charge is 0.460 e. The third-order valence-corrected chi connectivity index (χ3v) is 14.0. The first kappa shape index (κ1) is 46.4. The van der Waals surface area contributed by atoms with E-state index in [0.717, 1.165) is 73.3 Å². The second-order valence-corrected chi connectivity index (χ2v) is 21.0. The summed E-state index contributed by atoms with van der Waals surface area (Å²) in [6.07, 6.45) is 6.42. The van der Waals surface area contributed by atoms with Gasteiger partial charge in [-0.15, -0.1) is 22.7 Å². The maximum atomic E-state index is 14.3. The maximum absolute atomic E-state index is 14.3. The predicted molar refractivity (Wildman–Crippen MR) is 260 cm³/mol. The molecule has 0 bridgehead atoms. The molecule has 13 heteroatoms. The van der Waals surface area contributed by atoms with Crippen molar-refractivity contribution < 1.29 is 28.7 Å². The topological polar surface area (TPSA) is 131 Å². The summed E-state index contributed by atoms with van der Waals surface area (Å²) in [6.45, 7) is 12.1. The highest BCUT2D eigenvalue weighted by Gasteiger charge is 2.39. The number of carbonyl (C=O) groups excluding carboxylic acids is 4. The number of hydrogen-bond donors (Lipinski definition) is 1. The van der Waals surface area contributed by atoms with Crippen LogP contribution in [0.25, 0.3) is 32.0 Å². The van der Waals surface area contributed by atoms with Crippen molar-refractivity contribution in [1.29, 1.82) is 0 Å². The second-order valence-electron chi connectivity index (χ2n) is 18.9. The molecule has 342 valence electrons. The van der Waals surface area contributed by atoms with E-state index in [1.165, 1.54) is 0 Å². The minimum Gasteiger partial charge on any atom is -0.460 e. The zero-order valence-electron chi connectivity index (χ0n) is 38.4. The molecule has 0 unspecified atom stereocenters. The summed E-state index contributed by atoms with van der Waals surface area (Å²) in [6, 6.07) is 34.5. The van der Waals surface area contributed by atoms with E-state index in [0.29, 0.717) is 18.7 Å². The number of thiazole rings is 2. The lowest BCUT2D eigenvalue weighted by Crippen LogP contribution is -2.44. The molecule has 66 heavy (non-hydrogen) atoms. The number of esters is 1. The van der Waals surface area contributed by atoms with E-state index in [-0.39, 0.29) is 30.3 Å². The fourth-order valence-corrected chi connectivity index (χ4v) is 10.8. The van der Waals surface area contributed by atoms with Crippen LogP contribution in [0.4, 0.5) is 4.79 Å². The van der Waals surface area contributed by atoms with Gasteiger partial charge in [0, 0.05) is 25.5 Å². The molecule has 1 N–H and O–H groups in total. The molecule has 4 heterocycles. The SMILES string of the molecule is CC(C)(C)OC(=O)C[C@H](C(=O)N1CCC[C@H]1c1ncc(-c2ccc(-c3ccc(-c4cnc([C@@H]5CCCN5C(=O)[C@@H](NC(=O)OC(C)(C)C)c5ccccc5)s4)cc3)cc2)s1)c1ccccc1. The summed E-state index contributed by atoms with van der Waals surface area (Å²) in [5.74, 6) is -1.29. The zero-order valence-corrected chi connectivity index (χ0v) is 40.0. The Morgan fingerprint density at radius 3 is 1.52 bits per heavy atom. The van der Waals surface area contributed by atoms with Crippen LogP contribution in [-0.4, -0.2) is 67.9 Å².